The minimum atomic E-state index is -1.57. The number of carbonyl (C=O) groups excluding carboxylic acids is 1. The lowest BCUT2D eigenvalue weighted by Crippen LogP contribution is -2.65. The maximum atomic E-state index is 11.2. The van der Waals surface area contributed by atoms with Gasteiger partial charge in [-0.15, -0.1) is 0 Å². The van der Waals surface area contributed by atoms with E-state index in [0.29, 0.717) is 0 Å². The molecule has 0 bridgehead atoms. The number of aliphatic hydroxyl groups excluding tert-OH is 5. The molecule has 0 aromatic rings. The molecule has 2 heterocycles. The molecule has 0 saturated carbocycles. The largest absolute Gasteiger partial charge is 0.388 e. The molecule has 10 heteroatoms. The van der Waals surface area contributed by atoms with E-state index in [2.05, 4.69) is 5.32 Å². The summed E-state index contributed by atoms with van der Waals surface area (Å²) in [5, 5.41) is 52.4. The fraction of sp³-hybridized carbons (Fsp3) is 0.929. The third-order valence-electron chi connectivity index (χ3n) is 4.31. The van der Waals surface area contributed by atoms with Gasteiger partial charge < -0.3 is 45.1 Å². The molecule has 10 nitrogen and oxygen atoms in total. The van der Waals surface area contributed by atoms with E-state index < -0.39 is 67.3 Å². The van der Waals surface area contributed by atoms with E-state index in [1.165, 1.54) is 13.8 Å². The topological polar surface area (TPSA) is 158 Å². The van der Waals surface area contributed by atoms with Gasteiger partial charge in [-0.1, -0.05) is 0 Å². The van der Waals surface area contributed by atoms with Crippen LogP contribution in [0.15, 0.2) is 0 Å². The van der Waals surface area contributed by atoms with Crippen molar-refractivity contribution in [1.29, 1.82) is 0 Å². The van der Waals surface area contributed by atoms with Gasteiger partial charge in [-0.25, -0.2) is 0 Å². The van der Waals surface area contributed by atoms with E-state index in [0.717, 1.165) is 0 Å². The molecule has 2 saturated heterocycles. The number of ether oxygens (including phenoxy) is 3. The molecule has 2 rings (SSSR count). The summed E-state index contributed by atoms with van der Waals surface area (Å²) in [7, 11) is 0. The van der Waals surface area contributed by atoms with Gasteiger partial charge in [0, 0.05) is 6.92 Å². The zero-order chi connectivity index (χ0) is 18.2. The van der Waals surface area contributed by atoms with Crippen molar-refractivity contribution >= 4 is 5.91 Å². The zero-order valence-corrected chi connectivity index (χ0v) is 13.6. The van der Waals surface area contributed by atoms with Crippen LogP contribution in [0.5, 0.6) is 0 Å². The Morgan fingerprint density at radius 2 is 1.54 bits per heavy atom. The summed E-state index contributed by atoms with van der Waals surface area (Å²) < 4.78 is 15.8. The second kappa shape index (κ2) is 7.58. The van der Waals surface area contributed by atoms with Crippen LogP contribution in [0, 0.1) is 0 Å². The van der Waals surface area contributed by atoms with Gasteiger partial charge in [0.25, 0.3) is 0 Å². The maximum Gasteiger partial charge on any atom is 0.217 e. The molecule has 0 aromatic carbocycles. The monoisotopic (exact) mass is 351 g/mol. The molecule has 10 atom stereocenters. The average Bonchev–Trinajstić information content (AvgIpc) is 2.50. The average molecular weight is 351 g/mol. The van der Waals surface area contributed by atoms with Crippen LogP contribution in [-0.4, -0.2) is 92.8 Å². The van der Waals surface area contributed by atoms with Gasteiger partial charge in [0.1, 0.15) is 30.5 Å². The molecule has 2 aliphatic rings. The summed E-state index contributed by atoms with van der Waals surface area (Å²) >= 11 is 0. The van der Waals surface area contributed by atoms with Gasteiger partial charge in [0.05, 0.1) is 18.2 Å². The number of rotatable bonds is 3. The maximum absolute atomic E-state index is 11.2. The first kappa shape index (κ1) is 19.5. The minimum Gasteiger partial charge on any atom is -0.388 e. The SMILES string of the molecule is CC(=O)N[C@H]1[C@H](O)[C@H](O)[C@@H](O[C@@H]2[C@H](O)[C@H](C)O[C@H](O)[C@H]2O)O[C@@H]1C. The Bertz CT molecular complexity index is 436. The van der Waals surface area contributed by atoms with Crippen LogP contribution in [0.1, 0.15) is 20.8 Å². The molecule has 0 spiro atoms. The Hall–Kier alpha value is -0.850. The van der Waals surface area contributed by atoms with Crippen LogP contribution < -0.4 is 5.32 Å². The summed E-state index contributed by atoms with van der Waals surface area (Å²) in [6, 6.07) is -0.841. The van der Waals surface area contributed by atoms with E-state index in [9.17, 15) is 30.3 Å². The number of aliphatic hydroxyl groups is 5. The lowest BCUT2D eigenvalue weighted by Gasteiger charge is -2.45. The number of carbonyl (C=O) groups is 1. The molecule has 140 valence electrons. The van der Waals surface area contributed by atoms with E-state index in [1.807, 2.05) is 0 Å². The second-order valence-electron chi connectivity index (χ2n) is 6.23. The van der Waals surface area contributed by atoms with Crippen molar-refractivity contribution in [2.75, 3.05) is 0 Å². The second-order valence-corrected chi connectivity index (χ2v) is 6.23. The Labute approximate surface area is 138 Å². The lowest BCUT2D eigenvalue weighted by molar-refractivity contribution is -0.341. The van der Waals surface area contributed by atoms with Gasteiger partial charge in [0.2, 0.25) is 5.91 Å². The summed E-state index contributed by atoms with van der Waals surface area (Å²) in [4.78, 5) is 11.2. The highest BCUT2D eigenvalue weighted by Crippen LogP contribution is 2.28. The van der Waals surface area contributed by atoms with Crippen molar-refractivity contribution in [3.8, 4) is 0 Å². The summed E-state index contributed by atoms with van der Waals surface area (Å²) in [5.74, 6) is -0.395. The van der Waals surface area contributed by atoms with Crippen LogP contribution in [0.3, 0.4) is 0 Å². The molecule has 6 N–H and O–H groups in total. The highest BCUT2D eigenvalue weighted by atomic mass is 16.7. The van der Waals surface area contributed by atoms with Crippen LogP contribution in [0.2, 0.25) is 0 Å². The first-order valence-electron chi connectivity index (χ1n) is 7.77. The van der Waals surface area contributed by atoms with Gasteiger partial charge in [-0.2, -0.15) is 0 Å². The number of amides is 1. The predicted octanol–water partition coefficient (Wildman–Crippen LogP) is -3.20. The summed E-state index contributed by atoms with van der Waals surface area (Å²) in [6.45, 7) is 4.32. The highest BCUT2D eigenvalue weighted by Gasteiger charge is 2.49. The van der Waals surface area contributed by atoms with Gasteiger partial charge in [0.15, 0.2) is 12.6 Å². The van der Waals surface area contributed by atoms with Crippen LogP contribution in [0.25, 0.3) is 0 Å². The normalized spacial score (nSPS) is 49.7. The summed E-state index contributed by atoms with van der Waals surface area (Å²) in [6.07, 6.45) is -11.5. The van der Waals surface area contributed by atoms with Gasteiger partial charge >= 0.3 is 0 Å². The van der Waals surface area contributed by atoms with Crippen LogP contribution in [0.4, 0.5) is 0 Å². The third-order valence-corrected chi connectivity index (χ3v) is 4.31. The van der Waals surface area contributed by atoms with E-state index >= 15 is 0 Å². The van der Waals surface area contributed by atoms with E-state index in [1.54, 1.807) is 6.92 Å². The van der Waals surface area contributed by atoms with E-state index in [-0.39, 0.29) is 0 Å². The smallest absolute Gasteiger partial charge is 0.217 e. The van der Waals surface area contributed by atoms with Crippen molar-refractivity contribution in [1.82, 2.24) is 5.32 Å². The molecular formula is C14H25NO9. The van der Waals surface area contributed by atoms with Crippen molar-refractivity contribution in [2.24, 2.45) is 0 Å². The molecule has 0 radical (unpaired) electrons. The molecule has 24 heavy (non-hydrogen) atoms. The van der Waals surface area contributed by atoms with Crippen molar-refractivity contribution in [3.05, 3.63) is 0 Å². The standard InChI is InChI=1S/C14H25NO9/c1-4-7(15-6(3)16)9(18)10(19)14(23-4)24-12-8(17)5(2)22-13(21)11(12)20/h4-5,7-14,17-21H,1-3H3,(H,15,16)/t4-,5+,7-,8-,9+,10+,11+,12-,13+,14-/m1/s1. The summed E-state index contributed by atoms with van der Waals surface area (Å²) in [5.41, 5.74) is 0. The fourth-order valence-corrected chi connectivity index (χ4v) is 2.91. The highest BCUT2D eigenvalue weighted by molar-refractivity contribution is 5.73. The van der Waals surface area contributed by atoms with Crippen LogP contribution >= 0.6 is 0 Å². The quantitative estimate of drug-likeness (QED) is 0.308. The molecule has 1 amide bonds. The molecular weight excluding hydrogens is 326 g/mol. The molecule has 0 unspecified atom stereocenters. The lowest BCUT2D eigenvalue weighted by atomic mass is 9.96. The van der Waals surface area contributed by atoms with Crippen molar-refractivity contribution < 1.29 is 44.5 Å². The number of hydrogen-bond donors (Lipinski definition) is 6. The van der Waals surface area contributed by atoms with Crippen molar-refractivity contribution in [2.45, 2.75) is 82.1 Å². The predicted molar refractivity (Wildman–Crippen MR) is 77.4 cm³/mol. The van der Waals surface area contributed by atoms with Gasteiger partial charge in [-0.05, 0) is 13.8 Å². The Morgan fingerprint density at radius 3 is 2.12 bits per heavy atom. The molecule has 0 aromatic heterocycles. The van der Waals surface area contributed by atoms with Gasteiger partial charge in [-0.3, -0.25) is 4.79 Å². The van der Waals surface area contributed by atoms with Crippen LogP contribution in [-0.2, 0) is 19.0 Å². The first-order valence-corrected chi connectivity index (χ1v) is 7.77. The zero-order valence-electron chi connectivity index (χ0n) is 13.6. The molecule has 0 aliphatic carbocycles. The third kappa shape index (κ3) is 3.86. The van der Waals surface area contributed by atoms with E-state index in [4.69, 9.17) is 14.2 Å². The Morgan fingerprint density at radius 1 is 0.917 bits per heavy atom. The Kier molecular flexibility index (Phi) is 6.15. The molecule has 2 fully saturated rings. The number of nitrogens with one attached hydrogen (secondary N) is 1. The fourth-order valence-electron chi connectivity index (χ4n) is 2.91. The molecule has 2 aliphatic heterocycles. The number of hydrogen-bond acceptors (Lipinski definition) is 9. The first-order chi connectivity index (χ1) is 11.1. The van der Waals surface area contributed by atoms with Crippen molar-refractivity contribution in [3.63, 3.8) is 0 Å². The Balaban J connectivity index is 2.08. The minimum absolute atomic E-state index is 0.395.